The fourth-order valence-electron chi connectivity index (χ4n) is 4.39. The highest BCUT2D eigenvalue weighted by molar-refractivity contribution is 7.15. The molecule has 0 bridgehead atoms. The Kier molecular flexibility index (Phi) is 8.62. The summed E-state index contributed by atoms with van der Waals surface area (Å²) < 4.78 is 96.1. The predicted octanol–water partition coefficient (Wildman–Crippen LogP) is 8.73. The van der Waals surface area contributed by atoms with Crippen LogP contribution in [-0.4, -0.2) is 15.1 Å². The number of aryl methyl sites for hydroxylation is 1. The molecule has 0 fully saturated rings. The van der Waals surface area contributed by atoms with Crippen LogP contribution in [0.3, 0.4) is 0 Å². The topological polar surface area (TPSA) is 81.0 Å². The molecule has 0 aliphatic rings. The minimum Gasteiger partial charge on any atom is -0.361 e. The van der Waals surface area contributed by atoms with E-state index in [9.17, 15) is 22.4 Å². The summed E-state index contributed by atoms with van der Waals surface area (Å²) in [5.41, 5.74) is 0.453. The molecule has 2 heterocycles. The first-order valence-electron chi connectivity index (χ1n) is 13.0. The molecule has 0 amide bonds. The lowest BCUT2D eigenvalue weighted by Gasteiger charge is -2.27. The Morgan fingerprint density at radius 2 is 1.57 bits per heavy atom. The van der Waals surface area contributed by atoms with E-state index in [1.807, 2.05) is 0 Å². The van der Waals surface area contributed by atoms with E-state index in [2.05, 4.69) is 26.2 Å². The maximum absolute atomic E-state index is 16.2. The summed E-state index contributed by atoms with van der Waals surface area (Å²) in [5, 5.41) is 3.85. The van der Waals surface area contributed by atoms with E-state index in [1.54, 1.807) is 24.3 Å². The number of aromatic amines is 1. The van der Waals surface area contributed by atoms with Crippen molar-refractivity contribution in [2.75, 3.05) is 0 Å². The van der Waals surface area contributed by atoms with Gasteiger partial charge >= 0.3 is 17.9 Å². The van der Waals surface area contributed by atoms with Gasteiger partial charge in [-0.1, -0.05) is 78.5 Å². The van der Waals surface area contributed by atoms with Gasteiger partial charge in [0.1, 0.15) is 11.2 Å². The van der Waals surface area contributed by atoms with Crippen LogP contribution < -0.4 is 5.76 Å². The van der Waals surface area contributed by atoms with E-state index >= 15 is 8.78 Å². The number of halogens is 6. The van der Waals surface area contributed by atoms with Crippen molar-refractivity contribution in [3.8, 4) is 22.0 Å². The zero-order valence-electron chi connectivity index (χ0n) is 22.9. The van der Waals surface area contributed by atoms with Gasteiger partial charge in [-0.2, -0.15) is 22.0 Å². The van der Waals surface area contributed by atoms with E-state index in [-0.39, 0.29) is 33.6 Å². The highest BCUT2D eigenvalue weighted by Crippen LogP contribution is 2.47. The van der Waals surface area contributed by atoms with Crippen molar-refractivity contribution in [2.24, 2.45) is 0 Å². The second-order valence-electron chi connectivity index (χ2n) is 9.76. The maximum Gasteiger partial charge on any atom is 0.439 e. The van der Waals surface area contributed by atoms with Crippen molar-refractivity contribution in [1.29, 1.82) is 0 Å². The van der Waals surface area contributed by atoms with Crippen molar-refractivity contribution in [3.63, 3.8) is 0 Å². The Morgan fingerprint density at radius 1 is 0.955 bits per heavy atom. The Morgan fingerprint density at radius 3 is 2.14 bits per heavy atom. The number of hydrogen-bond acceptors (Lipinski definition) is 6. The standard InChI is InChI=1S/C31H23F6N3O3S/c1-3-24(32)19-8-12-22(13-9-19)30(33,34)26(42-16-18-4-6-20(7-5-18)27-39-29(41)43-40-27)25-17(2)38-28(44-25)21-10-14-23(15-11-21)31(35,36)37/h3-15,24,26H,1,16H2,2H3,(H,39,40,41). The van der Waals surface area contributed by atoms with Gasteiger partial charge in [0.05, 0.1) is 22.7 Å². The zero-order valence-corrected chi connectivity index (χ0v) is 23.7. The average Bonchev–Trinajstić information content (AvgIpc) is 3.62. The first-order chi connectivity index (χ1) is 20.9. The second kappa shape index (κ2) is 12.2. The summed E-state index contributed by atoms with van der Waals surface area (Å²) in [6.07, 6.45) is -6.87. The molecule has 0 spiro atoms. The normalized spacial score (nSPS) is 13.5. The highest BCUT2D eigenvalue weighted by Gasteiger charge is 2.45. The van der Waals surface area contributed by atoms with Gasteiger partial charge in [0.15, 0.2) is 11.9 Å². The Hall–Kier alpha value is -4.49. The molecule has 2 aromatic heterocycles. The van der Waals surface area contributed by atoms with Crippen molar-refractivity contribution in [2.45, 2.75) is 37.9 Å². The van der Waals surface area contributed by atoms with Crippen molar-refractivity contribution in [3.05, 3.63) is 129 Å². The van der Waals surface area contributed by atoms with Crippen LogP contribution in [0.25, 0.3) is 22.0 Å². The van der Waals surface area contributed by atoms with Gasteiger partial charge in [-0.3, -0.25) is 9.51 Å². The number of benzene rings is 3. The van der Waals surface area contributed by atoms with Gasteiger partial charge in [0.2, 0.25) is 0 Å². The van der Waals surface area contributed by atoms with Crippen molar-refractivity contribution >= 4 is 11.3 Å². The third-order valence-electron chi connectivity index (χ3n) is 6.76. The van der Waals surface area contributed by atoms with Gasteiger partial charge in [-0.05, 0) is 30.2 Å². The maximum atomic E-state index is 16.2. The van der Waals surface area contributed by atoms with E-state index in [0.717, 1.165) is 41.7 Å². The number of nitrogens with one attached hydrogen (secondary N) is 1. The number of thiazole rings is 1. The monoisotopic (exact) mass is 631 g/mol. The van der Waals surface area contributed by atoms with Gasteiger partial charge in [-0.15, -0.1) is 11.3 Å². The number of alkyl halides is 6. The Balaban J connectivity index is 1.47. The van der Waals surface area contributed by atoms with Crippen molar-refractivity contribution < 1.29 is 35.6 Å². The van der Waals surface area contributed by atoms with Crippen LogP contribution in [0.2, 0.25) is 0 Å². The van der Waals surface area contributed by atoms with E-state index in [0.29, 0.717) is 16.7 Å². The highest BCUT2D eigenvalue weighted by atomic mass is 32.1. The molecule has 0 saturated heterocycles. The lowest BCUT2D eigenvalue weighted by molar-refractivity contribution is -0.151. The third-order valence-corrected chi connectivity index (χ3v) is 8.01. The number of nitrogens with zero attached hydrogens (tertiary/aromatic N) is 2. The second-order valence-corrected chi connectivity index (χ2v) is 10.8. The number of hydrogen-bond donors (Lipinski definition) is 1. The van der Waals surface area contributed by atoms with Crippen molar-refractivity contribution in [1.82, 2.24) is 15.1 Å². The van der Waals surface area contributed by atoms with Crippen LogP contribution in [0, 0.1) is 6.92 Å². The minimum absolute atomic E-state index is 0.0697. The fourth-order valence-corrected chi connectivity index (χ4v) is 5.55. The number of H-pyrrole nitrogens is 1. The fraction of sp³-hybridized carbons (Fsp3) is 0.194. The molecule has 0 saturated carbocycles. The van der Waals surface area contributed by atoms with E-state index in [1.165, 1.54) is 31.2 Å². The SMILES string of the molecule is C=CC(F)c1ccc(C(F)(F)C(OCc2ccc(-c3noc(=O)[nH]3)cc2)c2sc(-c3ccc(C(F)(F)F)cc3)nc2C)cc1. The van der Waals surface area contributed by atoms with Crippen LogP contribution in [0.1, 0.15) is 45.1 Å². The summed E-state index contributed by atoms with van der Waals surface area (Å²) in [4.78, 5) is 18.1. The Bertz CT molecular complexity index is 1790. The minimum atomic E-state index is -4.53. The molecule has 3 aromatic carbocycles. The molecule has 228 valence electrons. The molecule has 13 heteroatoms. The number of allylic oxidation sites excluding steroid dienone is 1. The van der Waals surface area contributed by atoms with Crippen LogP contribution in [0.4, 0.5) is 26.3 Å². The first-order valence-corrected chi connectivity index (χ1v) is 13.8. The van der Waals surface area contributed by atoms with Gasteiger partial charge in [0, 0.05) is 16.7 Å². The number of aromatic nitrogens is 3. The van der Waals surface area contributed by atoms with E-state index in [4.69, 9.17) is 4.74 Å². The molecule has 0 aliphatic carbocycles. The van der Waals surface area contributed by atoms with Gasteiger partial charge < -0.3 is 4.74 Å². The molecule has 2 unspecified atom stereocenters. The summed E-state index contributed by atoms with van der Waals surface area (Å²) in [7, 11) is 0. The van der Waals surface area contributed by atoms with Gasteiger partial charge in [-0.25, -0.2) is 14.2 Å². The van der Waals surface area contributed by atoms with Crippen LogP contribution in [0.5, 0.6) is 0 Å². The van der Waals surface area contributed by atoms with Gasteiger partial charge in [0.25, 0.3) is 0 Å². The van der Waals surface area contributed by atoms with E-state index < -0.39 is 41.3 Å². The quantitative estimate of drug-likeness (QED) is 0.123. The molecule has 0 radical (unpaired) electrons. The first kappa shape index (κ1) is 31.0. The molecule has 0 aliphatic heterocycles. The predicted molar refractivity (Wildman–Crippen MR) is 152 cm³/mol. The molecule has 6 nitrogen and oxygen atoms in total. The van der Waals surface area contributed by atoms with Crippen LogP contribution in [0.15, 0.2) is 94.8 Å². The molecule has 44 heavy (non-hydrogen) atoms. The smallest absolute Gasteiger partial charge is 0.361 e. The summed E-state index contributed by atoms with van der Waals surface area (Å²) in [5.74, 6) is -4.17. The third kappa shape index (κ3) is 6.53. The molecular formula is C31H23F6N3O3S. The molecule has 5 rings (SSSR count). The largest absolute Gasteiger partial charge is 0.439 e. The van der Waals surface area contributed by atoms with Crippen LogP contribution in [-0.2, 0) is 23.4 Å². The zero-order chi connectivity index (χ0) is 31.6. The van der Waals surface area contributed by atoms with Crippen LogP contribution >= 0.6 is 11.3 Å². The number of ether oxygens (including phenoxy) is 1. The lowest BCUT2D eigenvalue weighted by atomic mass is 9.98. The number of rotatable bonds is 10. The summed E-state index contributed by atoms with van der Waals surface area (Å²) in [6, 6.07) is 15.4. The molecular weight excluding hydrogens is 608 g/mol. The summed E-state index contributed by atoms with van der Waals surface area (Å²) in [6.45, 7) is 4.63. The summed E-state index contributed by atoms with van der Waals surface area (Å²) >= 11 is 0.881. The molecule has 5 aromatic rings. The molecule has 2 atom stereocenters. The lowest BCUT2D eigenvalue weighted by Crippen LogP contribution is -2.26. The Labute approximate surface area is 250 Å². The molecule has 1 N–H and O–H groups in total. The average molecular weight is 632 g/mol.